The van der Waals surface area contributed by atoms with Gasteiger partial charge in [0.1, 0.15) is 5.54 Å². The summed E-state index contributed by atoms with van der Waals surface area (Å²) in [5.74, 6) is 0.858. The first kappa shape index (κ1) is 18.0. The van der Waals surface area contributed by atoms with E-state index in [1.807, 2.05) is 0 Å². The number of aromatic nitrogens is 2. The summed E-state index contributed by atoms with van der Waals surface area (Å²) in [6.45, 7) is 1.75. The highest BCUT2D eigenvalue weighted by atomic mass is 35.5. The Morgan fingerprint density at radius 2 is 2.00 bits per heavy atom. The predicted octanol–water partition coefficient (Wildman–Crippen LogP) is 4.67. The Morgan fingerprint density at radius 1 is 1.24 bits per heavy atom. The zero-order valence-corrected chi connectivity index (χ0v) is 15.4. The van der Waals surface area contributed by atoms with Crippen LogP contribution in [-0.2, 0) is 10.3 Å². The van der Waals surface area contributed by atoms with Gasteiger partial charge in [0.2, 0.25) is 11.8 Å². The number of hydrogen-bond donors (Lipinski definition) is 1. The molecule has 7 heteroatoms. The summed E-state index contributed by atoms with van der Waals surface area (Å²) in [6.07, 6.45) is 7.98. The summed E-state index contributed by atoms with van der Waals surface area (Å²) in [6, 6.07) is 5.22. The first-order valence-electron chi connectivity index (χ1n) is 8.25. The highest BCUT2D eigenvalue weighted by Gasteiger charge is 2.39. The molecule has 132 valence electrons. The first-order chi connectivity index (χ1) is 12.0. The number of nitrogens with one attached hydrogen (secondary N) is 1. The molecule has 1 amide bonds. The highest BCUT2D eigenvalue weighted by molar-refractivity contribution is 6.42. The molecule has 1 aromatic heterocycles. The van der Waals surface area contributed by atoms with Crippen LogP contribution in [0.25, 0.3) is 6.08 Å². The van der Waals surface area contributed by atoms with Gasteiger partial charge in [0.05, 0.1) is 10.0 Å². The van der Waals surface area contributed by atoms with Crippen LogP contribution in [0.2, 0.25) is 10.0 Å². The quantitative estimate of drug-likeness (QED) is 0.783. The maximum absolute atomic E-state index is 12.5. The van der Waals surface area contributed by atoms with Gasteiger partial charge in [-0.15, -0.1) is 0 Å². The van der Waals surface area contributed by atoms with Gasteiger partial charge in [-0.3, -0.25) is 4.79 Å². The third-order valence-corrected chi connectivity index (χ3v) is 5.14. The molecule has 5 nitrogen and oxygen atoms in total. The minimum Gasteiger partial charge on any atom is -0.340 e. The van der Waals surface area contributed by atoms with Crippen molar-refractivity contribution in [1.29, 1.82) is 0 Å². The average Bonchev–Trinajstić information content (AvgIpc) is 3.04. The van der Waals surface area contributed by atoms with Crippen LogP contribution in [0.3, 0.4) is 0 Å². The molecular weight excluding hydrogens is 361 g/mol. The monoisotopic (exact) mass is 379 g/mol. The van der Waals surface area contributed by atoms with Crippen LogP contribution in [0.1, 0.15) is 49.4 Å². The lowest BCUT2D eigenvalue weighted by Crippen LogP contribution is -2.47. The van der Waals surface area contributed by atoms with Crippen LogP contribution in [-0.4, -0.2) is 16.0 Å². The smallest absolute Gasteiger partial charge is 0.244 e. The van der Waals surface area contributed by atoms with Crippen molar-refractivity contribution in [3.63, 3.8) is 0 Å². The lowest BCUT2D eigenvalue weighted by molar-refractivity contribution is -0.119. The third kappa shape index (κ3) is 4.22. The SMILES string of the molecule is Cc1nc(C2(NC(=O)/C=C/c3ccc(Cl)c(Cl)c3)CCCCC2)no1. The van der Waals surface area contributed by atoms with Gasteiger partial charge in [-0.2, -0.15) is 4.98 Å². The van der Waals surface area contributed by atoms with Crippen LogP contribution in [0.4, 0.5) is 0 Å². The van der Waals surface area contributed by atoms with Crippen LogP contribution in [0.15, 0.2) is 28.8 Å². The van der Waals surface area contributed by atoms with Gasteiger partial charge in [0.25, 0.3) is 0 Å². The molecule has 2 aromatic rings. The molecule has 1 heterocycles. The molecule has 1 fully saturated rings. The minimum absolute atomic E-state index is 0.199. The Hall–Kier alpha value is -1.85. The number of hydrogen-bond acceptors (Lipinski definition) is 4. The van der Waals surface area contributed by atoms with Crippen molar-refractivity contribution in [1.82, 2.24) is 15.5 Å². The molecule has 3 rings (SSSR count). The summed E-state index contributed by atoms with van der Waals surface area (Å²) >= 11 is 11.9. The van der Waals surface area contributed by atoms with Gasteiger partial charge in [-0.05, 0) is 36.6 Å². The van der Waals surface area contributed by atoms with E-state index < -0.39 is 5.54 Å². The van der Waals surface area contributed by atoms with Crippen molar-refractivity contribution >= 4 is 35.2 Å². The van der Waals surface area contributed by atoms with Gasteiger partial charge in [-0.25, -0.2) is 0 Å². The summed E-state index contributed by atoms with van der Waals surface area (Å²) in [4.78, 5) is 16.8. The summed E-state index contributed by atoms with van der Waals surface area (Å²) in [7, 11) is 0. The number of rotatable bonds is 4. The van der Waals surface area contributed by atoms with E-state index in [4.69, 9.17) is 27.7 Å². The fraction of sp³-hybridized carbons (Fsp3) is 0.389. The topological polar surface area (TPSA) is 68.0 Å². The Bertz CT molecular complexity index is 795. The fourth-order valence-electron chi connectivity index (χ4n) is 3.12. The number of nitrogens with zero attached hydrogens (tertiary/aromatic N) is 2. The molecule has 0 saturated heterocycles. The lowest BCUT2D eigenvalue weighted by Gasteiger charge is -2.34. The minimum atomic E-state index is -0.560. The molecule has 0 atom stereocenters. The Morgan fingerprint density at radius 3 is 2.64 bits per heavy atom. The Kier molecular flexibility index (Phi) is 5.45. The van der Waals surface area contributed by atoms with Crippen molar-refractivity contribution < 1.29 is 9.32 Å². The summed E-state index contributed by atoms with van der Waals surface area (Å²) in [5, 5.41) is 8.07. The maximum atomic E-state index is 12.5. The van der Waals surface area contributed by atoms with Crippen LogP contribution in [0, 0.1) is 6.92 Å². The average molecular weight is 380 g/mol. The van der Waals surface area contributed by atoms with Gasteiger partial charge < -0.3 is 9.84 Å². The van der Waals surface area contributed by atoms with Crippen LogP contribution in [0.5, 0.6) is 0 Å². The second-order valence-electron chi connectivity index (χ2n) is 6.28. The van der Waals surface area contributed by atoms with E-state index in [0.717, 1.165) is 37.7 Å². The first-order valence-corrected chi connectivity index (χ1v) is 9.00. The van der Waals surface area contributed by atoms with Crippen molar-refractivity contribution in [3.05, 3.63) is 51.6 Å². The van der Waals surface area contributed by atoms with Crippen molar-refractivity contribution in [3.8, 4) is 0 Å². The number of carbonyl (C=O) groups is 1. The Balaban J connectivity index is 1.76. The van der Waals surface area contributed by atoms with Gasteiger partial charge in [0.15, 0.2) is 5.82 Å². The molecule has 0 aliphatic heterocycles. The third-order valence-electron chi connectivity index (χ3n) is 4.40. The summed E-state index contributed by atoms with van der Waals surface area (Å²) in [5.41, 5.74) is 0.243. The molecular formula is C18H19Cl2N3O2. The van der Waals surface area contributed by atoms with E-state index in [1.165, 1.54) is 6.08 Å². The normalized spacial score (nSPS) is 16.9. The van der Waals surface area contributed by atoms with E-state index in [1.54, 1.807) is 31.2 Å². The van der Waals surface area contributed by atoms with Gasteiger partial charge in [0, 0.05) is 13.0 Å². The molecule has 1 aliphatic carbocycles. The molecule has 1 aromatic carbocycles. The van der Waals surface area contributed by atoms with E-state index in [2.05, 4.69) is 15.5 Å². The number of benzene rings is 1. The molecule has 25 heavy (non-hydrogen) atoms. The largest absolute Gasteiger partial charge is 0.340 e. The maximum Gasteiger partial charge on any atom is 0.244 e. The van der Waals surface area contributed by atoms with E-state index >= 15 is 0 Å². The van der Waals surface area contributed by atoms with E-state index in [0.29, 0.717) is 21.8 Å². The molecule has 1 saturated carbocycles. The standard InChI is InChI=1S/C18H19Cl2N3O2/c1-12-21-17(23-25-12)18(9-3-2-4-10-18)22-16(24)8-6-13-5-7-14(19)15(20)11-13/h5-8,11H,2-4,9-10H2,1H3,(H,22,24)/b8-6+. The second-order valence-corrected chi connectivity index (χ2v) is 7.09. The number of amides is 1. The lowest BCUT2D eigenvalue weighted by atomic mass is 9.81. The van der Waals surface area contributed by atoms with Crippen molar-refractivity contribution in [2.75, 3.05) is 0 Å². The van der Waals surface area contributed by atoms with Crippen molar-refractivity contribution in [2.24, 2.45) is 0 Å². The van der Waals surface area contributed by atoms with E-state index in [9.17, 15) is 4.79 Å². The zero-order chi connectivity index (χ0) is 17.9. The van der Waals surface area contributed by atoms with Gasteiger partial charge in [-0.1, -0.05) is 53.7 Å². The van der Waals surface area contributed by atoms with Crippen LogP contribution >= 0.6 is 23.2 Å². The number of halogens is 2. The molecule has 0 bridgehead atoms. The number of aryl methyl sites for hydroxylation is 1. The fourth-order valence-corrected chi connectivity index (χ4v) is 3.43. The molecule has 0 unspecified atom stereocenters. The van der Waals surface area contributed by atoms with Crippen LogP contribution < -0.4 is 5.32 Å². The Labute approximate surface area is 156 Å². The molecule has 0 radical (unpaired) electrons. The van der Waals surface area contributed by atoms with E-state index in [-0.39, 0.29) is 5.91 Å². The molecule has 1 aliphatic rings. The van der Waals surface area contributed by atoms with Gasteiger partial charge >= 0.3 is 0 Å². The predicted molar refractivity (Wildman–Crippen MR) is 97.4 cm³/mol. The highest BCUT2D eigenvalue weighted by Crippen LogP contribution is 2.35. The molecule has 1 N–H and O–H groups in total. The number of carbonyl (C=O) groups excluding carboxylic acids is 1. The molecule has 0 spiro atoms. The van der Waals surface area contributed by atoms with Crippen molar-refractivity contribution in [2.45, 2.75) is 44.6 Å². The second kappa shape index (κ2) is 7.58. The summed E-state index contributed by atoms with van der Waals surface area (Å²) < 4.78 is 5.12. The zero-order valence-electron chi connectivity index (χ0n) is 13.9.